The molecule has 0 unspecified atom stereocenters. The molecule has 7 nitrogen and oxygen atoms in total. The van der Waals surface area contributed by atoms with Crippen LogP contribution in [0.25, 0.3) is 11.5 Å². The first-order valence-corrected chi connectivity index (χ1v) is 7.92. The lowest BCUT2D eigenvalue weighted by Crippen LogP contribution is -2.04. The third-order valence-electron chi connectivity index (χ3n) is 3.87. The van der Waals surface area contributed by atoms with Crippen molar-refractivity contribution >= 4 is 5.78 Å². The average molecular weight is 354 g/mol. The van der Waals surface area contributed by atoms with Crippen LogP contribution in [0.15, 0.2) is 46.9 Å². The Morgan fingerprint density at radius 2 is 1.77 bits per heavy atom. The molecule has 1 aromatic heterocycles. The molecule has 1 N–H and O–H groups in total. The number of aliphatic hydroxyl groups excluding tert-OH is 1. The highest BCUT2D eigenvalue weighted by Crippen LogP contribution is 2.31. The summed E-state index contributed by atoms with van der Waals surface area (Å²) < 4.78 is 16.2. The number of carbonyl (C=O) groups excluding carboxylic acids is 1. The van der Waals surface area contributed by atoms with E-state index in [1.54, 1.807) is 50.6 Å². The van der Waals surface area contributed by atoms with E-state index in [1.165, 1.54) is 0 Å². The molecule has 0 saturated carbocycles. The summed E-state index contributed by atoms with van der Waals surface area (Å²) in [5.41, 5.74) is 2.11. The number of carbonyl (C=O) groups is 1. The van der Waals surface area contributed by atoms with Gasteiger partial charge in [-0.3, -0.25) is 4.79 Å². The molecule has 0 atom stereocenters. The highest BCUT2D eigenvalue weighted by molar-refractivity contribution is 5.96. The Hall–Kier alpha value is -3.19. The van der Waals surface area contributed by atoms with Gasteiger partial charge in [0, 0.05) is 11.1 Å². The molecule has 3 aromatic rings. The number of hydrogen-bond acceptors (Lipinski definition) is 7. The van der Waals surface area contributed by atoms with Crippen molar-refractivity contribution in [2.45, 2.75) is 6.42 Å². The summed E-state index contributed by atoms with van der Waals surface area (Å²) in [6, 6.07) is 12.3. The molecule has 0 fully saturated rings. The van der Waals surface area contributed by atoms with Gasteiger partial charge in [-0.05, 0) is 23.8 Å². The van der Waals surface area contributed by atoms with Gasteiger partial charge >= 0.3 is 0 Å². The molecule has 134 valence electrons. The van der Waals surface area contributed by atoms with Crippen molar-refractivity contribution in [3.05, 3.63) is 59.5 Å². The van der Waals surface area contributed by atoms with Gasteiger partial charge in [-0.25, -0.2) is 0 Å². The molecule has 0 aliphatic heterocycles. The smallest absolute Gasteiger partial charge is 0.247 e. The Bertz CT molecular complexity index is 903. The Balaban J connectivity index is 1.77. The van der Waals surface area contributed by atoms with Crippen LogP contribution >= 0.6 is 0 Å². The van der Waals surface area contributed by atoms with Gasteiger partial charge in [-0.1, -0.05) is 24.3 Å². The lowest BCUT2D eigenvalue weighted by molar-refractivity contribution is 0.0903. The van der Waals surface area contributed by atoms with Gasteiger partial charge in [0.2, 0.25) is 11.8 Å². The number of benzene rings is 2. The van der Waals surface area contributed by atoms with E-state index >= 15 is 0 Å². The number of ether oxygens (including phenoxy) is 2. The van der Waals surface area contributed by atoms with E-state index in [9.17, 15) is 4.79 Å². The normalized spacial score (nSPS) is 10.6. The summed E-state index contributed by atoms with van der Waals surface area (Å²) in [5, 5.41) is 17.0. The molecular weight excluding hydrogens is 336 g/mol. The summed E-state index contributed by atoms with van der Waals surface area (Å²) in [4.78, 5) is 11.4. The predicted molar refractivity (Wildman–Crippen MR) is 93.5 cm³/mol. The summed E-state index contributed by atoms with van der Waals surface area (Å²) in [7, 11) is 3.13. The van der Waals surface area contributed by atoms with Crippen LogP contribution < -0.4 is 9.47 Å². The minimum atomic E-state index is -0.502. The molecular formula is C19H18N2O5. The maximum Gasteiger partial charge on any atom is 0.247 e. The number of nitrogens with zero attached hydrogens (tertiary/aromatic N) is 2. The van der Waals surface area contributed by atoms with Crippen molar-refractivity contribution in [1.82, 2.24) is 10.2 Å². The van der Waals surface area contributed by atoms with Gasteiger partial charge in [-0.15, -0.1) is 10.2 Å². The minimum Gasteiger partial charge on any atom is -0.493 e. The maximum atomic E-state index is 11.4. The lowest BCUT2D eigenvalue weighted by Gasteiger charge is -2.07. The van der Waals surface area contributed by atoms with Crippen LogP contribution in [0.2, 0.25) is 0 Å². The van der Waals surface area contributed by atoms with Crippen molar-refractivity contribution in [3.8, 4) is 23.0 Å². The number of rotatable bonds is 7. The molecule has 0 radical (unpaired) electrons. The van der Waals surface area contributed by atoms with Crippen LogP contribution in [0.3, 0.4) is 0 Å². The summed E-state index contributed by atoms with van der Waals surface area (Å²) in [6.45, 7) is -0.502. The number of Topliss-reactive ketones (excluding diaryl/α,β-unsaturated/α-hetero) is 1. The van der Waals surface area contributed by atoms with Crippen LogP contribution in [-0.2, 0) is 6.42 Å². The Labute approximate surface area is 150 Å². The number of aliphatic hydroxyl groups is 1. The zero-order valence-electron chi connectivity index (χ0n) is 14.4. The molecule has 1 heterocycles. The third-order valence-corrected chi connectivity index (χ3v) is 3.87. The SMILES string of the molecule is COc1ccc(-c2nnc(Cc3ccc(C(=O)CO)cc3)o2)cc1OC. The Kier molecular flexibility index (Phi) is 5.28. The average Bonchev–Trinajstić information content (AvgIpc) is 3.15. The van der Waals surface area contributed by atoms with E-state index in [-0.39, 0.29) is 5.78 Å². The quantitative estimate of drug-likeness (QED) is 0.651. The van der Waals surface area contributed by atoms with E-state index in [2.05, 4.69) is 10.2 Å². The van der Waals surface area contributed by atoms with Crippen LogP contribution in [0.4, 0.5) is 0 Å². The van der Waals surface area contributed by atoms with E-state index < -0.39 is 6.61 Å². The summed E-state index contributed by atoms with van der Waals surface area (Å²) in [6.07, 6.45) is 0.438. The van der Waals surface area contributed by atoms with Crippen molar-refractivity contribution in [2.75, 3.05) is 20.8 Å². The number of aromatic nitrogens is 2. The van der Waals surface area contributed by atoms with Crippen LogP contribution in [-0.4, -0.2) is 41.9 Å². The number of ketones is 1. The van der Waals surface area contributed by atoms with E-state index in [0.29, 0.717) is 35.3 Å². The Morgan fingerprint density at radius 3 is 2.42 bits per heavy atom. The predicted octanol–water partition coefficient (Wildman–Crippen LogP) is 2.52. The molecule has 0 saturated heterocycles. The molecule has 0 bridgehead atoms. The first kappa shape index (κ1) is 17.6. The van der Waals surface area contributed by atoms with Gasteiger partial charge in [0.05, 0.1) is 20.6 Å². The zero-order chi connectivity index (χ0) is 18.5. The van der Waals surface area contributed by atoms with Gasteiger partial charge in [0.1, 0.15) is 6.61 Å². The first-order chi connectivity index (χ1) is 12.6. The number of hydrogen-bond donors (Lipinski definition) is 1. The molecule has 7 heteroatoms. The highest BCUT2D eigenvalue weighted by atomic mass is 16.5. The largest absolute Gasteiger partial charge is 0.493 e. The van der Waals surface area contributed by atoms with Gasteiger partial charge < -0.3 is 19.0 Å². The fraction of sp³-hybridized carbons (Fsp3) is 0.211. The topological polar surface area (TPSA) is 94.7 Å². The molecule has 0 spiro atoms. The standard InChI is InChI=1S/C19H18N2O5/c1-24-16-8-7-14(10-17(16)25-2)19-21-20-18(26-19)9-12-3-5-13(6-4-12)15(23)11-22/h3-8,10,22H,9,11H2,1-2H3. The maximum absolute atomic E-state index is 11.4. The molecule has 3 rings (SSSR count). The van der Waals surface area contributed by atoms with Crippen LogP contribution in [0.1, 0.15) is 21.8 Å². The molecule has 26 heavy (non-hydrogen) atoms. The van der Waals surface area contributed by atoms with Crippen molar-refractivity contribution in [3.63, 3.8) is 0 Å². The highest BCUT2D eigenvalue weighted by Gasteiger charge is 2.13. The third kappa shape index (κ3) is 3.73. The van der Waals surface area contributed by atoms with Crippen LogP contribution in [0.5, 0.6) is 11.5 Å². The van der Waals surface area contributed by atoms with E-state index in [0.717, 1.165) is 11.1 Å². The first-order valence-electron chi connectivity index (χ1n) is 7.92. The second kappa shape index (κ2) is 7.79. The molecule has 0 aliphatic carbocycles. The lowest BCUT2D eigenvalue weighted by atomic mass is 10.1. The van der Waals surface area contributed by atoms with E-state index in [1.807, 2.05) is 6.07 Å². The van der Waals surface area contributed by atoms with Crippen molar-refractivity contribution in [2.24, 2.45) is 0 Å². The molecule has 0 amide bonds. The summed E-state index contributed by atoms with van der Waals surface area (Å²) in [5.74, 6) is 1.72. The molecule has 2 aromatic carbocycles. The van der Waals surface area contributed by atoms with E-state index in [4.69, 9.17) is 19.0 Å². The van der Waals surface area contributed by atoms with Gasteiger partial charge in [0.15, 0.2) is 17.3 Å². The fourth-order valence-electron chi connectivity index (χ4n) is 2.49. The van der Waals surface area contributed by atoms with Crippen molar-refractivity contribution < 1.29 is 23.8 Å². The van der Waals surface area contributed by atoms with Crippen molar-refractivity contribution in [1.29, 1.82) is 0 Å². The fourth-order valence-corrected chi connectivity index (χ4v) is 2.49. The second-order valence-corrected chi connectivity index (χ2v) is 5.53. The van der Waals surface area contributed by atoms with Crippen LogP contribution in [0, 0.1) is 0 Å². The van der Waals surface area contributed by atoms with Gasteiger partial charge in [0.25, 0.3) is 0 Å². The Morgan fingerprint density at radius 1 is 1.04 bits per heavy atom. The zero-order valence-corrected chi connectivity index (χ0v) is 14.4. The summed E-state index contributed by atoms with van der Waals surface area (Å²) >= 11 is 0. The monoisotopic (exact) mass is 354 g/mol. The molecule has 0 aliphatic rings. The van der Waals surface area contributed by atoms with Gasteiger partial charge in [-0.2, -0.15) is 0 Å². The number of methoxy groups -OCH3 is 2. The minimum absolute atomic E-state index is 0.315. The second-order valence-electron chi connectivity index (χ2n) is 5.53.